The smallest absolute Gasteiger partial charge is 0.333 e. The molecule has 0 aliphatic rings. The van der Waals surface area contributed by atoms with Gasteiger partial charge in [0, 0.05) is 28.6 Å². The Morgan fingerprint density at radius 3 is 2.72 bits per heavy atom. The molecule has 8 heteroatoms. The lowest BCUT2D eigenvalue weighted by molar-refractivity contribution is 0.617. The molecule has 5 aromatic rings. The molecule has 3 heterocycles. The number of halogens is 2. The third-order valence-corrected chi connectivity index (χ3v) is 4.97. The van der Waals surface area contributed by atoms with Crippen LogP contribution in [0.25, 0.3) is 38.9 Å². The summed E-state index contributed by atoms with van der Waals surface area (Å²) in [7, 11) is 0. The van der Waals surface area contributed by atoms with E-state index in [1.807, 2.05) is 18.2 Å². The fourth-order valence-corrected chi connectivity index (χ4v) is 3.59. The maximum atomic E-state index is 13.3. The van der Waals surface area contributed by atoms with Gasteiger partial charge >= 0.3 is 11.2 Å². The van der Waals surface area contributed by atoms with Crippen LogP contribution in [0.15, 0.2) is 74.9 Å². The number of H-pyrrole nitrogens is 1. The minimum absolute atomic E-state index is 0.0482. The summed E-state index contributed by atoms with van der Waals surface area (Å²) in [5, 5.41) is 1.61. The van der Waals surface area contributed by atoms with E-state index < -0.39 is 17.1 Å². The van der Waals surface area contributed by atoms with Crippen molar-refractivity contribution in [1.82, 2.24) is 14.5 Å². The Hall–Kier alpha value is -3.71. The van der Waals surface area contributed by atoms with E-state index in [-0.39, 0.29) is 21.9 Å². The van der Waals surface area contributed by atoms with Crippen LogP contribution in [-0.4, -0.2) is 14.5 Å². The van der Waals surface area contributed by atoms with Crippen LogP contribution in [0.4, 0.5) is 4.39 Å². The molecule has 0 saturated carbocycles. The number of nitrogens with zero attached hydrogens (tertiary/aromatic N) is 2. The average Bonchev–Trinajstić information content (AvgIpc) is 3.12. The highest BCUT2D eigenvalue weighted by molar-refractivity contribution is 6.33. The predicted octanol–water partition coefficient (Wildman–Crippen LogP) is 4.28. The number of hydrogen-bond donors (Lipinski definition) is 1. The van der Waals surface area contributed by atoms with Crippen LogP contribution >= 0.6 is 11.6 Å². The molecule has 0 fully saturated rings. The molecule has 0 saturated heterocycles. The number of aromatic nitrogens is 3. The molecule has 0 radical (unpaired) electrons. The van der Waals surface area contributed by atoms with Crippen LogP contribution in [0.1, 0.15) is 0 Å². The van der Waals surface area contributed by atoms with Crippen LogP contribution in [-0.2, 0) is 0 Å². The van der Waals surface area contributed by atoms with Crippen molar-refractivity contribution in [3.05, 3.63) is 92.6 Å². The number of fused-ring (bicyclic) bond motifs is 2. The minimum Gasteiger partial charge on any atom is -0.449 e. The number of furan rings is 1. The molecule has 0 spiro atoms. The predicted molar refractivity (Wildman–Crippen MR) is 108 cm³/mol. The first-order chi connectivity index (χ1) is 14.0. The van der Waals surface area contributed by atoms with Crippen LogP contribution in [0.2, 0.25) is 5.02 Å². The van der Waals surface area contributed by atoms with Crippen LogP contribution in [0, 0.1) is 5.82 Å². The maximum absolute atomic E-state index is 13.3. The van der Waals surface area contributed by atoms with Gasteiger partial charge in [-0.15, -0.1) is 0 Å². The molecule has 29 heavy (non-hydrogen) atoms. The van der Waals surface area contributed by atoms with Crippen molar-refractivity contribution in [2.45, 2.75) is 0 Å². The molecule has 0 unspecified atom stereocenters. The second-order valence-electron chi connectivity index (χ2n) is 6.43. The third-order valence-electron chi connectivity index (χ3n) is 4.66. The van der Waals surface area contributed by atoms with Crippen molar-refractivity contribution >= 4 is 33.5 Å². The lowest BCUT2D eigenvalue weighted by Gasteiger charge is -2.07. The van der Waals surface area contributed by atoms with E-state index in [9.17, 15) is 14.0 Å². The van der Waals surface area contributed by atoms with E-state index in [1.54, 1.807) is 12.3 Å². The maximum Gasteiger partial charge on any atom is 0.333 e. The lowest BCUT2D eigenvalue weighted by Crippen LogP contribution is -2.33. The van der Waals surface area contributed by atoms with Crippen molar-refractivity contribution in [2.24, 2.45) is 0 Å². The summed E-state index contributed by atoms with van der Waals surface area (Å²) >= 11 is 6.09. The molecule has 0 aliphatic heterocycles. The zero-order valence-corrected chi connectivity index (χ0v) is 15.4. The molecule has 0 amide bonds. The Balaban J connectivity index is 1.79. The van der Waals surface area contributed by atoms with Crippen molar-refractivity contribution < 1.29 is 8.81 Å². The first kappa shape index (κ1) is 17.4. The Morgan fingerprint density at radius 2 is 1.90 bits per heavy atom. The SMILES string of the molecule is O=c1[nH]c2cc(-c3ccc(F)cc3Cl)oc2c(=O)n1-c1cncc2ccccc12. The topological polar surface area (TPSA) is 80.9 Å². The molecule has 6 nitrogen and oxygen atoms in total. The third kappa shape index (κ3) is 2.75. The van der Waals surface area contributed by atoms with Crippen molar-refractivity contribution in [3.8, 4) is 17.0 Å². The van der Waals surface area contributed by atoms with E-state index >= 15 is 0 Å². The van der Waals surface area contributed by atoms with Crippen LogP contribution < -0.4 is 11.2 Å². The molecule has 1 N–H and O–H groups in total. The van der Waals surface area contributed by atoms with Gasteiger partial charge in [-0.3, -0.25) is 9.78 Å². The Morgan fingerprint density at radius 1 is 1.07 bits per heavy atom. The number of hydrogen-bond acceptors (Lipinski definition) is 4. The lowest BCUT2D eigenvalue weighted by atomic mass is 10.1. The van der Waals surface area contributed by atoms with Gasteiger partial charge in [0.05, 0.1) is 22.4 Å². The first-order valence-electron chi connectivity index (χ1n) is 8.60. The summed E-state index contributed by atoms with van der Waals surface area (Å²) in [5.74, 6) is -0.249. The van der Waals surface area contributed by atoms with Gasteiger partial charge in [0.1, 0.15) is 11.6 Å². The zero-order chi connectivity index (χ0) is 20.1. The second kappa shape index (κ2) is 6.42. The summed E-state index contributed by atoms with van der Waals surface area (Å²) in [6.45, 7) is 0. The largest absolute Gasteiger partial charge is 0.449 e. The minimum atomic E-state index is -0.633. The van der Waals surface area contributed by atoms with E-state index in [4.69, 9.17) is 16.0 Å². The van der Waals surface area contributed by atoms with Gasteiger partial charge in [-0.1, -0.05) is 35.9 Å². The van der Waals surface area contributed by atoms with E-state index in [0.717, 1.165) is 16.0 Å². The molecule has 142 valence electrons. The molecule has 0 bridgehead atoms. The van der Waals surface area contributed by atoms with E-state index in [1.165, 1.54) is 24.4 Å². The first-order valence-corrected chi connectivity index (χ1v) is 8.98. The van der Waals surface area contributed by atoms with Gasteiger partial charge in [0.25, 0.3) is 0 Å². The molecular formula is C21H11ClFN3O3. The van der Waals surface area contributed by atoms with Gasteiger partial charge in [-0.05, 0) is 18.2 Å². The molecule has 3 aromatic heterocycles. The molecule has 0 aliphatic carbocycles. The zero-order valence-electron chi connectivity index (χ0n) is 14.6. The van der Waals surface area contributed by atoms with Crippen molar-refractivity contribution in [3.63, 3.8) is 0 Å². The quantitative estimate of drug-likeness (QED) is 0.473. The number of rotatable bonds is 2. The summed E-state index contributed by atoms with van der Waals surface area (Å²) in [6, 6.07) is 12.6. The highest BCUT2D eigenvalue weighted by Crippen LogP contribution is 2.31. The molecule has 2 aromatic carbocycles. The summed E-state index contributed by atoms with van der Waals surface area (Å²) in [6.07, 6.45) is 3.10. The molecule has 0 atom stereocenters. The molecular weight excluding hydrogens is 397 g/mol. The second-order valence-corrected chi connectivity index (χ2v) is 6.84. The van der Waals surface area contributed by atoms with E-state index in [0.29, 0.717) is 16.6 Å². The van der Waals surface area contributed by atoms with Crippen LogP contribution in [0.3, 0.4) is 0 Å². The number of pyridine rings is 1. The van der Waals surface area contributed by atoms with Gasteiger partial charge in [0.15, 0.2) is 0 Å². The Bertz CT molecular complexity index is 1530. The van der Waals surface area contributed by atoms with E-state index in [2.05, 4.69) is 9.97 Å². The number of benzene rings is 2. The fraction of sp³-hybridized carbons (Fsp3) is 0. The highest BCUT2D eigenvalue weighted by atomic mass is 35.5. The van der Waals surface area contributed by atoms with Crippen molar-refractivity contribution in [1.29, 1.82) is 0 Å². The van der Waals surface area contributed by atoms with Gasteiger partial charge in [0.2, 0.25) is 5.58 Å². The fourth-order valence-electron chi connectivity index (χ4n) is 3.33. The standard InChI is InChI=1S/C21H11ClFN3O3/c22-15-7-12(23)5-6-14(15)18-8-16-19(29-18)20(27)26(21(28)25-16)17-10-24-9-11-3-1-2-4-13(11)17/h1-10H,(H,25,28). The highest BCUT2D eigenvalue weighted by Gasteiger charge is 2.18. The molecule has 5 rings (SSSR count). The normalized spacial score (nSPS) is 11.4. The number of aromatic amines is 1. The van der Waals surface area contributed by atoms with Gasteiger partial charge < -0.3 is 9.40 Å². The average molecular weight is 408 g/mol. The van der Waals surface area contributed by atoms with Crippen LogP contribution in [0.5, 0.6) is 0 Å². The Kier molecular flexibility index (Phi) is 3.85. The summed E-state index contributed by atoms with van der Waals surface area (Å²) in [5.41, 5.74) is -0.339. The summed E-state index contributed by atoms with van der Waals surface area (Å²) < 4.78 is 20.0. The van der Waals surface area contributed by atoms with Gasteiger partial charge in [-0.2, -0.15) is 0 Å². The number of nitrogens with one attached hydrogen (secondary N) is 1. The Labute approximate surface area is 166 Å². The van der Waals surface area contributed by atoms with Crippen molar-refractivity contribution in [2.75, 3.05) is 0 Å². The van der Waals surface area contributed by atoms with Gasteiger partial charge in [-0.25, -0.2) is 13.8 Å². The summed E-state index contributed by atoms with van der Waals surface area (Å²) in [4.78, 5) is 32.6. The monoisotopic (exact) mass is 407 g/mol.